The molecule has 6 nitrogen and oxygen atoms in total. The number of rotatable bonds is 4. The molecule has 0 spiro atoms. The second-order valence-electron chi connectivity index (χ2n) is 4.54. The number of hydrogen-bond donors (Lipinski definition) is 3. The van der Waals surface area contributed by atoms with Gasteiger partial charge in [-0.15, -0.1) is 0 Å². The standard InChI is InChI=1S/C11H16N2O4/c1-5(14)8-7-4-6(2-3-12)9(11(16)17)13(7)10(8)15/h5,7-8,14H,2-4,12H2,1H3,(H,16,17)/t5-,7-,8-/m1/s1. The quantitative estimate of drug-likeness (QED) is 0.563. The first-order valence-electron chi connectivity index (χ1n) is 5.65. The van der Waals surface area contributed by atoms with Crippen LogP contribution in [0, 0.1) is 5.92 Å². The monoisotopic (exact) mass is 240 g/mol. The third kappa shape index (κ3) is 1.64. The maximum atomic E-state index is 11.8. The Kier molecular flexibility index (Phi) is 2.92. The van der Waals surface area contributed by atoms with E-state index in [-0.39, 0.29) is 17.6 Å². The molecule has 0 aromatic carbocycles. The van der Waals surface area contributed by atoms with Crippen molar-refractivity contribution in [3.63, 3.8) is 0 Å². The lowest BCUT2D eigenvalue weighted by Gasteiger charge is -2.44. The van der Waals surface area contributed by atoms with Crippen LogP contribution in [-0.2, 0) is 9.59 Å². The van der Waals surface area contributed by atoms with Crippen LogP contribution in [0.4, 0.5) is 0 Å². The van der Waals surface area contributed by atoms with E-state index < -0.39 is 18.0 Å². The molecular weight excluding hydrogens is 224 g/mol. The zero-order valence-electron chi connectivity index (χ0n) is 9.59. The van der Waals surface area contributed by atoms with Gasteiger partial charge in [-0.25, -0.2) is 4.79 Å². The predicted octanol–water partition coefficient (Wildman–Crippen LogP) is -0.715. The summed E-state index contributed by atoms with van der Waals surface area (Å²) in [5.74, 6) is -1.86. The highest BCUT2D eigenvalue weighted by Gasteiger charge is 2.56. The molecule has 0 aromatic heterocycles. The van der Waals surface area contributed by atoms with Crippen LogP contribution >= 0.6 is 0 Å². The van der Waals surface area contributed by atoms with E-state index in [4.69, 9.17) is 10.8 Å². The van der Waals surface area contributed by atoms with Crippen molar-refractivity contribution in [1.29, 1.82) is 0 Å². The van der Waals surface area contributed by atoms with Crippen molar-refractivity contribution in [2.24, 2.45) is 11.7 Å². The van der Waals surface area contributed by atoms with Crippen LogP contribution < -0.4 is 5.73 Å². The highest BCUT2D eigenvalue weighted by molar-refractivity contribution is 5.99. The summed E-state index contributed by atoms with van der Waals surface area (Å²) in [5.41, 5.74) is 6.21. The number of amides is 1. The lowest BCUT2D eigenvalue weighted by molar-refractivity contribution is -0.161. The molecule has 2 aliphatic rings. The van der Waals surface area contributed by atoms with Crippen molar-refractivity contribution < 1.29 is 19.8 Å². The number of carboxylic acids is 1. The molecule has 0 aromatic rings. The van der Waals surface area contributed by atoms with Gasteiger partial charge in [0.15, 0.2) is 0 Å². The minimum absolute atomic E-state index is 0.0716. The fourth-order valence-corrected chi connectivity index (χ4v) is 2.76. The molecule has 0 unspecified atom stereocenters. The fourth-order valence-electron chi connectivity index (χ4n) is 2.76. The molecule has 0 aliphatic carbocycles. The van der Waals surface area contributed by atoms with E-state index in [1.54, 1.807) is 6.92 Å². The molecule has 17 heavy (non-hydrogen) atoms. The van der Waals surface area contributed by atoms with Gasteiger partial charge >= 0.3 is 5.97 Å². The largest absolute Gasteiger partial charge is 0.477 e. The van der Waals surface area contributed by atoms with Gasteiger partial charge < -0.3 is 20.8 Å². The topological polar surface area (TPSA) is 104 Å². The molecule has 1 fully saturated rings. The third-order valence-electron chi connectivity index (χ3n) is 3.47. The average Bonchev–Trinajstić information content (AvgIpc) is 2.53. The van der Waals surface area contributed by atoms with Gasteiger partial charge in [0, 0.05) is 0 Å². The van der Waals surface area contributed by atoms with Crippen molar-refractivity contribution >= 4 is 11.9 Å². The van der Waals surface area contributed by atoms with Crippen LogP contribution in [0.15, 0.2) is 11.3 Å². The zero-order chi connectivity index (χ0) is 12.7. The number of β-lactam (4-membered cyclic amide) rings is 1. The van der Waals surface area contributed by atoms with E-state index in [2.05, 4.69) is 0 Å². The highest BCUT2D eigenvalue weighted by atomic mass is 16.4. The molecule has 2 aliphatic heterocycles. The molecule has 1 saturated heterocycles. The van der Waals surface area contributed by atoms with Gasteiger partial charge in [-0.05, 0) is 31.9 Å². The van der Waals surface area contributed by atoms with Crippen LogP contribution in [0.5, 0.6) is 0 Å². The third-order valence-corrected chi connectivity index (χ3v) is 3.47. The van der Waals surface area contributed by atoms with E-state index in [1.807, 2.05) is 0 Å². The lowest BCUT2D eigenvalue weighted by atomic mass is 9.83. The van der Waals surface area contributed by atoms with Crippen LogP contribution in [0.3, 0.4) is 0 Å². The van der Waals surface area contributed by atoms with Gasteiger partial charge in [-0.2, -0.15) is 0 Å². The van der Waals surface area contributed by atoms with E-state index in [0.717, 1.165) is 0 Å². The number of aliphatic carboxylic acids is 1. The molecule has 0 saturated carbocycles. The average molecular weight is 240 g/mol. The number of nitrogens with two attached hydrogens (primary N) is 1. The van der Waals surface area contributed by atoms with Gasteiger partial charge in [0.2, 0.25) is 5.91 Å². The maximum Gasteiger partial charge on any atom is 0.352 e. The van der Waals surface area contributed by atoms with E-state index in [9.17, 15) is 14.7 Å². The number of carbonyl (C=O) groups excluding carboxylic acids is 1. The molecule has 2 heterocycles. The predicted molar refractivity (Wildman–Crippen MR) is 58.8 cm³/mol. The van der Waals surface area contributed by atoms with Crippen LogP contribution in [0.2, 0.25) is 0 Å². The Morgan fingerprint density at radius 3 is 2.76 bits per heavy atom. The van der Waals surface area contributed by atoms with Crippen molar-refractivity contribution in [1.82, 2.24) is 4.90 Å². The number of aliphatic hydroxyl groups is 1. The van der Waals surface area contributed by atoms with Crippen molar-refractivity contribution in [2.75, 3.05) is 6.54 Å². The van der Waals surface area contributed by atoms with Gasteiger partial charge in [0.25, 0.3) is 0 Å². The molecule has 2 rings (SSSR count). The van der Waals surface area contributed by atoms with Crippen molar-refractivity contribution in [3.05, 3.63) is 11.3 Å². The van der Waals surface area contributed by atoms with Gasteiger partial charge in [-0.3, -0.25) is 4.79 Å². The zero-order valence-corrected chi connectivity index (χ0v) is 9.59. The number of carboxylic acid groups (broad SMARTS) is 1. The van der Waals surface area contributed by atoms with Crippen LogP contribution in [-0.4, -0.2) is 45.7 Å². The summed E-state index contributed by atoms with van der Waals surface area (Å²) in [6, 6.07) is -0.199. The molecule has 0 bridgehead atoms. The first-order chi connectivity index (χ1) is 7.99. The van der Waals surface area contributed by atoms with Gasteiger partial charge in [0.1, 0.15) is 5.70 Å². The highest BCUT2D eigenvalue weighted by Crippen LogP contribution is 2.44. The van der Waals surface area contributed by atoms with Crippen molar-refractivity contribution in [2.45, 2.75) is 31.9 Å². The minimum Gasteiger partial charge on any atom is -0.477 e. The Balaban J connectivity index is 2.26. The number of carbonyl (C=O) groups is 2. The second-order valence-corrected chi connectivity index (χ2v) is 4.54. The lowest BCUT2D eigenvalue weighted by Crippen LogP contribution is -2.61. The van der Waals surface area contributed by atoms with E-state index in [1.165, 1.54) is 4.90 Å². The fraction of sp³-hybridized carbons (Fsp3) is 0.636. The number of nitrogens with zero attached hydrogens (tertiary/aromatic N) is 1. The second kappa shape index (κ2) is 4.12. The molecule has 0 radical (unpaired) electrons. The Hall–Kier alpha value is -1.40. The van der Waals surface area contributed by atoms with E-state index >= 15 is 0 Å². The Labute approximate surface area is 98.7 Å². The van der Waals surface area contributed by atoms with Crippen LogP contribution in [0.25, 0.3) is 0 Å². The molecular formula is C11H16N2O4. The summed E-state index contributed by atoms with van der Waals surface area (Å²) in [6.07, 6.45) is 0.255. The summed E-state index contributed by atoms with van der Waals surface area (Å²) in [5, 5.41) is 18.6. The molecule has 3 atom stereocenters. The van der Waals surface area contributed by atoms with E-state index in [0.29, 0.717) is 25.0 Å². The van der Waals surface area contributed by atoms with Crippen molar-refractivity contribution in [3.8, 4) is 0 Å². The Morgan fingerprint density at radius 1 is 1.65 bits per heavy atom. The first-order valence-corrected chi connectivity index (χ1v) is 5.65. The summed E-state index contributed by atoms with van der Waals surface area (Å²) in [7, 11) is 0. The maximum absolute atomic E-state index is 11.8. The smallest absolute Gasteiger partial charge is 0.352 e. The molecule has 6 heteroatoms. The SMILES string of the molecule is C[C@@H](O)[C@H]1C(=O)N2C(C(=O)O)=C(CCN)C[C@H]12. The summed E-state index contributed by atoms with van der Waals surface area (Å²) in [4.78, 5) is 24.2. The molecule has 4 N–H and O–H groups in total. The summed E-state index contributed by atoms with van der Waals surface area (Å²) < 4.78 is 0. The Morgan fingerprint density at radius 2 is 2.29 bits per heavy atom. The molecule has 1 amide bonds. The van der Waals surface area contributed by atoms with Crippen LogP contribution in [0.1, 0.15) is 19.8 Å². The number of fused-ring (bicyclic) bond motifs is 1. The molecule has 94 valence electrons. The normalized spacial score (nSPS) is 29.1. The summed E-state index contributed by atoms with van der Waals surface area (Å²) in [6.45, 7) is 1.92. The first kappa shape index (κ1) is 12.1. The van der Waals surface area contributed by atoms with Gasteiger partial charge in [-0.1, -0.05) is 0 Å². The summed E-state index contributed by atoms with van der Waals surface area (Å²) >= 11 is 0. The number of aliphatic hydroxyl groups excluding tert-OH is 1. The number of hydrogen-bond acceptors (Lipinski definition) is 4. The van der Waals surface area contributed by atoms with Gasteiger partial charge in [0.05, 0.1) is 18.1 Å². The Bertz CT molecular complexity index is 402. The minimum atomic E-state index is -1.09.